The van der Waals surface area contributed by atoms with Crippen molar-refractivity contribution in [2.75, 3.05) is 20.8 Å². The normalized spacial score (nSPS) is 16.9. The van der Waals surface area contributed by atoms with Crippen molar-refractivity contribution in [3.05, 3.63) is 58.7 Å². The summed E-state index contributed by atoms with van der Waals surface area (Å²) in [4.78, 5) is 24.8. The van der Waals surface area contributed by atoms with Crippen LogP contribution in [0, 0.1) is 0 Å². The van der Waals surface area contributed by atoms with Crippen LogP contribution in [-0.2, 0) is 0 Å². The van der Waals surface area contributed by atoms with E-state index in [1.54, 1.807) is 37.4 Å². The van der Waals surface area contributed by atoms with Crippen LogP contribution in [-0.4, -0.2) is 43.8 Å². The minimum atomic E-state index is -0.293. The van der Waals surface area contributed by atoms with E-state index in [4.69, 9.17) is 4.74 Å². The first-order valence-electron chi connectivity index (χ1n) is 9.07. The summed E-state index contributed by atoms with van der Waals surface area (Å²) in [7, 11) is 2.05. The Hall–Kier alpha value is -3.09. The van der Waals surface area contributed by atoms with Gasteiger partial charge in [0.2, 0.25) is 0 Å². The number of phenolic OH excluding ortho intramolecular Hbond substituents is 1. The summed E-state index contributed by atoms with van der Waals surface area (Å²) in [6.45, 7) is 0.358. The van der Waals surface area contributed by atoms with Gasteiger partial charge in [0.15, 0.2) is 0 Å². The SMILES string of the molecule is CF.CNC(=O)c1cc(C(=O)NC2CC2)cc2c1OCC2c1cccc(O)c1. The van der Waals surface area contributed by atoms with E-state index in [-0.39, 0.29) is 29.5 Å². The lowest BCUT2D eigenvalue weighted by Crippen LogP contribution is -2.26. The highest BCUT2D eigenvalue weighted by Crippen LogP contribution is 2.42. The second-order valence-corrected chi connectivity index (χ2v) is 6.73. The number of fused-ring (bicyclic) bond motifs is 1. The predicted molar refractivity (Wildman–Crippen MR) is 103 cm³/mol. The highest BCUT2D eigenvalue weighted by molar-refractivity contribution is 6.02. The van der Waals surface area contributed by atoms with Crippen molar-refractivity contribution in [2.45, 2.75) is 24.8 Å². The molecule has 0 aromatic heterocycles. The molecule has 1 atom stereocenters. The quantitative estimate of drug-likeness (QED) is 0.754. The number of alkyl halides is 1. The zero-order valence-corrected chi connectivity index (χ0v) is 15.8. The molecule has 148 valence electrons. The topological polar surface area (TPSA) is 87.7 Å². The average Bonchev–Trinajstić information content (AvgIpc) is 3.43. The fourth-order valence-corrected chi connectivity index (χ4v) is 3.28. The summed E-state index contributed by atoms with van der Waals surface area (Å²) in [5.74, 6) is 0.0563. The number of ether oxygens (including phenoxy) is 1. The molecule has 7 heteroatoms. The number of phenols is 1. The molecular weight excluding hydrogens is 363 g/mol. The standard InChI is InChI=1S/C20H20N2O4.CH3F/c1-21-20(25)16-9-12(19(24)22-13-5-6-13)8-15-17(10-26-18(15)16)11-3-2-4-14(23)7-11;1-2/h2-4,7-9,13,17,23H,5-6,10H2,1H3,(H,21,25)(H,22,24);1H3. The molecule has 2 aromatic rings. The second kappa shape index (κ2) is 8.29. The number of rotatable bonds is 4. The fraction of sp³-hybridized carbons (Fsp3) is 0.333. The van der Waals surface area contributed by atoms with Gasteiger partial charge in [0.25, 0.3) is 11.8 Å². The Labute approximate surface area is 162 Å². The molecule has 0 saturated heterocycles. The lowest BCUT2D eigenvalue weighted by Gasteiger charge is -2.13. The Kier molecular flexibility index (Phi) is 5.82. The molecule has 1 unspecified atom stereocenters. The molecule has 1 saturated carbocycles. The maximum absolute atomic E-state index is 12.5. The Balaban J connectivity index is 0.00000109. The third kappa shape index (κ3) is 3.93. The van der Waals surface area contributed by atoms with Crippen molar-refractivity contribution in [1.29, 1.82) is 0 Å². The monoisotopic (exact) mass is 386 g/mol. The Morgan fingerprint density at radius 1 is 1.14 bits per heavy atom. The number of halogens is 1. The Morgan fingerprint density at radius 2 is 1.89 bits per heavy atom. The van der Waals surface area contributed by atoms with E-state index >= 15 is 0 Å². The summed E-state index contributed by atoms with van der Waals surface area (Å²) >= 11 is 0. The number of hydrogen-bond donors (Lipinski definition) is 3. The minimum absolute atomic E-state index is 0.144. The van der Waals surface area contributed by atoms with Gasteiger partial charge in [-0.25, -0.2) is 0 Å². The molecule has 1 fully saturated rings. The van der Waals surface area contributed by atoms with Crippen LogP contribution >= 0.6 is 0 Å². The smallest absolute Gasteiger partial charge is 0.254 e. The van der Waals surface area contributed by atoms with Gasteiger partial charge in [-0.3, -0.25) is 14.0 Å². The Bertz CT molecular complexity index is 896. The van der Waals surface area contributed by atoms with Gasteiger partial charge in [-0.2, -0.15) is 0 Å². The molecule has 4 rings (SSSR count). The molecule has 6 nitrogen and oxygen atoms in total. The van der Waals surface area contributed by atoms with Gasteiger partial charge >= 0.3 is 0 Å². The number of nitrogens with one attached hydrogen (secondary N) is 2. The maximum Gasteiger partial charge on any atom is 0.254 e. The molecular formula is C21H23FN2O4. The highest BCUT2D eigenvalue weighted by Gasteiger charge is 2.32. The molecule has 28 heavy (non-hydrogen) atoms. The number of amides is 2. The van der Waals surface area contributed by atoms with E-state index in [1.165, 1.54) is 0 Å². The maximum atomic E-state index is 12.5. The molecule has 0 bridgehead atoms. The molecule has 2 aliphatic rings. The minimum Gasteiger partial charge on any atom is -0.508 e. The summed E-state index contributed by atoms with van der Waals surface area (Å²) in [6.07, 6.45) is 1.99. The average molecular weight is 386 g/mol. The van der Waals surface area contributed by atoms with Crippen LogP contribution in [0.5, 0.6) is 11.5 Å². The van der Waals surface area contributed by atoms with Crippen molar-refractivity contribution >= 4 is 11.8 Å². The van der Waals surface area contributed by atoms with Crippen molar-refractivity contribution in [1.82, 2.24) is 10.6 Å². The number of benzene rings is 2. The van der Waals surface area contributed by atoms with E-state index in [1.807, 2.05) is 6.07 Å². The van der Waals surface area contributed by atoms with Crippen LogP contribution in [0.1, 0.15) is 50.6 Å². The third-order valence-corrected chi connectivity index (χ3v) is 4.81. The number of carbonyl (C=O) groups excluding carboxylic acids is 2. The van der Waals surface area contributed by atoms with Crippen LogP contribution < -0.4 is 15.4 Å². The van der Waals surface area contributed by atoms with Crippen LogP contribution in [0.4, 0.5) is 4.39 Å². The molecule has 2 aromatic carbocycles. The molecule has 0 radical (unpaired) electrons. The Morgan fingerprint density at radius 3 is 2.54 bits per heavy atom. The van der Waals surface area contributed by atoms with Gasteiger partial charge in [0.05, 0.1) is 19.3 Å². The highest BCUT2D eigenvalue weighted by atomic mass is 19.1. The predicted octanol–water partition coefficient (Wildman–Crippen LogP) is 2.75. The lowest BCUT2D eigenvalue weighted by molar-refractivity contribution is 0.0951. The molecule has 2 amide bonds. The van der Waals surface area contributed by atoms with Crippen molar-refractivity contribution in [2.24, 2.45) is 0 Å². The van der Waals surface area contributed by atoms with Crippen LogP contribution in [0.3, 0.4) is 0 Å². The zero-order chi connectivity index (χ0) is 20.3. The zero-order valence-electron chi connectivity index (χ0n) is 15.8. The van der Waals surface area contributed by atoms with Gasteiger partial charge in [0, 0.05) is 30.1 Å². The van der Waals surface area contributed by atoms with Crippen LogP contribution in [0.25, 0.3) is 0 Å². The van der Waals surface area contributed by atoms with Crippen molar-refractivity contribution in [3.8, 4) is 11.5 Å². The van der Waals surface area contributed by atoms with E-state index in [0.29, 0.717) is 30.7 Å². The van der Waals surface area contributed by atoms with E-state index in [0.717, 1.165) is 24.0 Å². The van der Waals surface area contributed by atoms with Gasteiger partial charge in [0.1, 0.15) is 11.5 Å². The van der Waals surface area contributed by atoms with Crippen molar-refractivity contribution in [3.63, 3.8) is 0 Å². The molecule has 0 spiro atoms. The summed E-state index contributed by atoms with van der Waals surface area (Å²) < 4.78 is 15.3. The van der Waals surface area contributed by atoms with E-state index in [9.17, 15) is 19.1 Å². The van der Waals surface area contributed by atoms with Crippen molar-refractivity contribution < 1.29 is 23.8 Å². The molecule has 1 heterocycles. The van der Waals surface area contributed by atoms with Crippen LogP contribution in [0.15, 0.2) is 36.4 Å². The van der Waals surface area contributed by atoms with E-state index < -0.39 is 0 Å². The fourth-order valence-electron chi connectivity index (χ4n) is 3.28. The van der Waals surface area contributed by atoms with Gasteiger partial charge < -0.3 is 20.5 Å². The molecule has 1 aliphatic carbocycles. The third-order valence-electron chi connectivity index (χ3n) is 4.81. The summed E-state index contributed by atoms with van der Waals surface area (Å²) in [5.41, 5.74) is 2.47. The first kappa shape index (κ1) is 19.7. The first-order valence-corrected chi connectivity index (χ1v) is 9.07. The largest absolute Gasteiger partial charge is 0.508 e. The van der Waals surface area contributed by atoms with Crippen LogP contribution in [0.2, 0.25) is 0 Å². The summed E-state index contributed by atoms with van der Waals surface area (Å²) in [5, 5.41) is 15.3. The second-order valence-electron chi connectivity index (χ2n) is 6.73. The van der Waals surface area contributed by atoms with Gasteiger partial charge in [-0.1, -0.05) is 12.1 Å². The molecule has 3 N–H and O–H groups in total. The van der Waals surface area contributed by atoms with Gasteiger partial charge in [-0.05, 0) is 42.7 Å². The first-order chi connectivity index (χ1) is 13.6. The summed E-state index contributed by atoms with van der Waals surface area (Å²) in [6, 6.07) is 10.6. The number of hydrogen-bond acceptors (Lipinski definition) is 4. The van der Waals surface area contributed by atoms with Gasteiger partial charge in [-0.15, -0.1) is 0 Å². The van der Waals surface area contributed by atoms with E-state index in [2.05, 4.69) is 10.6 Å². The molecule has 1 aliphatic heterocycles. The lowest BCUT2D eigenvalue weighted by atomic mass is 9.90. The number of aromatic hydroxyl groups is 1. The number of carbonyl (C=O) groups is 2.